The van der Waals surface area contributed by atoms with E-state index < -0.39 is 49.6 Å². The Hall–Kier alpha value is -0.600. The van der Waals surface area contributed by atoms with Crippen LogP contribution >= 0.6 is 0 Å². The zero-order chi connectivity index (χ0) is 14.8. The minimum atomic E-state index is -6.25. The first-order valence-electron chi connectivity index (χ1n) is 4.99. The molecule has 110 valence electrons. The van der Waals surface area contributed by atoms with Crippen LogP contribution in [0.4, 0.5) is 35.1 Å². The standard InChI is InChI=1S/C9H12F8O/c1-2-3-6(10,11)8(14,15)9(16,17)7(12,13)4-5-18/h18H,2-5H2,1H3. The number of hydrogen-bond donors (Lipinski definition) is 1. The van der Waals surface area contributed by atoms with Gasteiger partial charge < -0.3 is 5.11 Å². The molecule has 0 bridgehead atoms. The van der Waals surface area contributed by atoms with E-state index in [1.807, 2.05) is 0 Å². The Morgan fingerprint density at radius 2 is 1.06 bits per heavy atom. The van der Waals surface area contributed by atoms with Crippen molar-refractivity contribution >= 4 is 0 Å². The maximum Gasteiger partial charge on any atom is 0.378 e. The van der Waals surface area contributed by atoms with E-state index in [4.69, 9.17) is 5.11 Å². The van der Waals surface area contributed by atoms with Crippen molar-refractivity contribution in [2.75, 3.05) is 6.61 Å². The lowest BCUT2D eigenvalue weighted by atomic mass is 9.94. The number of aliphatic hydroxyl groups is 1. The number of aliphatic hydroxyl groups excluding tert-OH is 1. The summed E-state index contributed by atoms with van der Waals surface area (Å²) in [4.78, 5) is 0. The Labute approximate surface area is 97.8 Å². The van der Waals surface area contributed by atoms with Crippen LogP contribution in [0.5, 0.6) is 0 Å². The first-order valence-corrected chi connectivity index (χ1v) is 4.99. The molecule has 0 aromatic heterocycles. The lowest BCUT2D eigenvalue weighted by molar-refractivity contribution is -0.368. The van der Waals surface area contributed by atoms with Gasteiger partial charge in [0.15, 0.2) is 0 Å². The summed E-state index contributed by atoms with van der Waals surface area (Å²) in [5.74, 6) is -23.1. The highest BCUT2D eigenvalue weighted by Gasteiger charge is 2.79. The van der Waals surface area contributed by atoms with Crippen LogP contribution in [0.15, 0.2) is 0 Å². The Kier molecular flexibility index (Phi) is 5.01. The van der Waals surface area contributed by atoms with Crippen molar-refractivity contribution in [2.45, 2.75) is 49.9 Å². The molecule has 9 heteroatoms. The van der Waals surface area contributed by atoms with E-state index in [9.17, 15) is 35.1 Å². The van der Waals surface area contributed by atoms with Crippen LogP contribution in [-0.2, 0) is 0 Å². The van der Waals surface area contributed by atoms with Gasteiger partial charge in [-0.25, -0.2) is 0 Å². The lowest BCUT2D eigenvalue weighted by Gasteiger charge is -2.36. The summed E-state index contributed by atoms with van der Waals surface area (Å²) < 4.78 is 103. The molecule has 0 heterocycles. The van der Waals surface area contributed by atoms with E-state index in [1.54, 1.807) is 0 Å². The molecule has 0 radical (unpaired) electrons. The average molecular weight is 288 g/mol. The molecule has 0 rings (SSSR count). The average Bonchev–Trinajstić information content (AvgIpc) is 2.16. The van der Waals surface area contributed by atoms with E-state index in [-0.39, 0.29) is 0 Å². The number of hydrogen-bond acceptors (Lipinski definition) is 1. The molecule has 0 atom stereocenters. The van der Waals surface area contributed by atoms with Crippen LogP contribution in [0.2, 0.25) is 0 Å². The topological polar surface area (TPSA) is 20.2 Å². The molecular weight excluding hydrogens is 276 g/mol. The Morgan fingerprint density at radius 3 is 1.33 bits per heavy atom. The fourth-order valence-corrected chi connectivity index (χ4v) is 1.23. The van der Waals surface area contributed by atoms with Gasteiger partial charge in [0.1, 0.15) is 0 Å². The second-order valence-electron chi connectivity index (χ2n) is 3.78. The van der Waals surface area contributed by atoms with Crippen LogP contribution in [0.25, 0.3) is 0 Å². The van der Waals surface area contributed by atoms with Crippen LogP contribution < -0.4 is 0 Å². The summed E-state index contributed by atoms with van der Waals surface area (Å²) >= 11 is 0. The normalized spacial score (nSPS) is 15.0. The van der Waals surface area contributed by atoms with Crippen molar-refractivity contribution in [1.29, 1.82) is 0 Å². The van der Waals surface area contributed by atoms with E-state index in [0.717, 1.165) is 6.92 Å². The highest BCUT2D eigenvalue weighted by Crippen LogP contribution is 2.54. The van der Waals surface area contributed by atoms with Gasteiger partial charge in [0, 0.05) is 19.4 Å². The Bertz CT molecular complexity index is 248. The largest absolute Gasteiger partial charge is 0.396 e. The van der Waals surface area contributed by atoms with Gasteiger partial charge in [-0.3, -0.25) is 0 Å². The molecule has 0 aromatic rings. The molecule has 0 aliphatic heterocycles. The fourth-order valence-electron chi connectivity index (χ4n) is 1.23. The van der Waals surface area contributed by atoms with Gasteiger partial charge >= 0.3 is 23.7 Å². The molecular formula is C9H12F8O. The first kappa shape index (κ1) is 17.4. The second kappa shape index (κ2) is 5.18. The van der Waals surface area contributed by atoms with Crippen molar-refractivity contribution in [1.82, 2.24) is 0 Å². The van der Waals surface area contributed by atoms with Crippen molar-refractivity contribution in [3.8, 4) is 0 Å². The molecule has 18 heavy (non-hydrogen) atoms. The summed E-state index contributed by atoms with van der Waals surface area (Å²) in [6.07, 6.45) is -4.26. The lowest BCUT2D eigenvalue weighted by Crippen LogP contribution is -2.62. The summed E-state index contributed by atoms with van der Waals surface area (Å²) in [5, 5.41) is 8.09. The molecule has 0 unspecified atom stereocenters. The van der Waals surface area contributed by atoms with E-state index in [1.165, 1.54) is 0 Å². The van der Waals surface area contributed by atoms with Gasteiger partial charge in [0.2, 0.25) is 0 Å². The van der Waals surface area contributed by atoms with Gasteiger partial charge in [-0.05, 0) is 0 Å². The van der Waals surface area contributed by atoms with Gasteiger partial charge in [-0.2, -0.15) is 35.1 Å². The Morgan fingerprint density at radius 1 is 0.722 bits per heavy atom. The van der Waals surface area contributed by atoms with Crippen LogP contribution in [0, 0.1) is 0 Å². The molecule has 0 fully saturated rings. The molecule has 0 amide bonds. The van der Waals surface area contributed by atoms with Crippen LogP contribution in [0.1, 0.15) is 26.2 Å². The third-order valence-corrected chi connectivity index (χ3v) is 2.30. The summed E-state index contributed by atoms with van der Waals surface area (Å²) in [5.41, 5.74) is 0. The predicted molar refractivity (Wildman–Crippen MR) is 46.4 cm³/mol. The monoisotopic (exact) mass is 288 g/mol. The molecule has 0 spiro atoms. The van der Waals surface area contributed by atoms with Crippen LogP contribution in [-0.4, -0.2) is 35.4 Å². The zero-order valence-electron chi connectivity index (χ0n) is 9.30. The zero-order valence-corrected chi connectivity index (χ0v) is 9.30. The maximum absolute atomic E-state index is 12.9. The molecule has 1 nitrogen and oxygen atoms in total. The van der Waals surface area contributed by atoms with E-state index in [2.05, 4.69) is 0 Å². The number of rotatable bonds is 7. The minimum absolute atomic E-state index is 0.579. The molecule has 1 N–H and O–H groups in total. The Balaban J connectivity index is 5.43. The first-order chi connectivity index (χ1) is 7.87. The third-order valence-electron chi connectivity index (χ3n) is 2.30. The quantitative estimate of drug-likeness (QED) is 0.708. The van der Waals surface area contributed by atoms with Gasteiger partial charge in [-0.1, -0.05) is 13.3 Å². The van der Waals surface area contributed by atoms with E-state index in [0.29, 0.717) is 0 Å². The smallest absolute Gasteiger partial charge is 0.378 e. The molecule has 0 aromatic carbocycles. The fraction of sp³-hybridized carbons (Fsp3) is 1.00. The van der Waals surface area contributed by atoms with Crippen molar-refractivity contribution in [3.05, 3.63) is 0 Å². The number of halogens is 8. The van der Waals surface area contributed by atoms with Gasteiger partial charge in [0.05, 0.1) is 0 Å². The molecule has 0 saturated heterocycles. The SMILES string of the molecule is CCCC(F)(F)C(F)(F)C(F)(F)C(F)(F)CCO. The second-order valence-corrected chi connectivity index (χ2v) is 3.78. The predicted octanol–water partition coefficient (Wildman–Crippen LogP) is 3.71. The minimum Gasteiger partial charge on any atom is -0.396 e. The highest BCUT2D eigenvalue weighted by molar-refractivity contribution is 5.03. The molecule has 0 aliphatic carbocycles. The molecule has 0 saturated carbocycles. The molecule has 0 aliphatic rings. The maximum atomic E-state index is 12.9. The third kappa shape index (κ3) is 2.70. The van der Waals surface area contributed by atoms with Gasteiger partial charge in [-0.15, -0.1) is 0 Å². The van der Waals surface area contributed by atoms with Crippen molar-refractivity contribution in [3.63, 3.8) is 0 Å². The van der Waals surface area contributed by atoms with E-state index >= 15 is 0 Å². The summed E-state index contributed by atoms with van der Waals surface area (Å²) in [6, 6.07) is 0. The van der Waals surface area contributed by atoms with Gasteiger partial charge in [0.25, 0.3) is 0 Å². The van der Waals surface area contributed by atoms with Crippen molar-refractivity contribution in [2.24, 2.45) is 0 Å². The summed E-state index contributed by atoms with van der Waals surface area (Å²) in [6.45, 7) is -0.508. The highest BCUT2D eigenvalue weighted by atomic mass is 19.4. The number of alkyl halides is 8. The summed E-state index contributed by atoms with van der Waals surface area (Å²) in [7, 11) is 0. The van der Waals surface area contributed by atoms with Crippen LogP contribution in [0.3, 0.4) is 0 Å². The van der Waals surface area contributed by atoms with Crippen molar-refractivity contribution < 1.29 is 40.2 Å².